The van der Waals surface area contributed by atoms with Crippen molar-refractivity contribution in [1.82, 2.24) is 9.47 Å². The number of rotatable bonds is 4. The zero-order valence-corrected chi connectivity index (χ0v) is 27.3. The number of fused-ring (bicyclic) bond motifs is 1. The number of carbonyl (C=O) groups excluding carboxylic acids is 1. The molecule has 10 heteroatoms. The summed E-state index contributed by atoms with van der Waals surface area (Å²) in [4.78, 5) is 57.5. The smallest absolute Gasteiger partial charge is 0.429 e. The Morgan fingerprint density at radius 3 is 2.12 bits per heavy atom. The van der Waals surface area contributed by atoms with Gasteiger partial charge in [-0.25, -0.2) is 14.4 Å². The number of piperazine rings is 1. The average molecular weight is 702 g/mol. The standard InChI is InChI=1S/C38H29N4O5.BrH/c43-35(31-23-26-9-4-5-12-33(26)47-38(31)46)41-21-19-40(20-22-41)32-14-13-30-34-28(32)10-6-11-29(34)36(44)42(37(30)45)27-15-17-39(18-16-27)24-25-7-2-1-3-8-25;/h1-18,23H,19-22,24H2;1H/q+1;/p-1. The minimum Gasteiger partial charge on any atom is -1.00 e. The molecular weight excluding hydrogens is 672 g/mol. The van der Waals surface area contributed by atoms with Crippen LogP contribution in [0.2, 0.25) is 0 Å². The molecular formula is C38H29BrN4O5. The number of carbonyl (C=O) groups is 1. The number of anilines is 1. The maximum atomic E-state index is 13.8. The summed E-state index contributed by atoms with van der Waals surface area (Å²) < 4.78 is 8.64. The second-order valence-electron chi connectivity index (χ2n) is 11.8. The monoisotopic (exact) mass is 700 g/mol. The SMILES string of the molecule is O=C(c1cc2ccccc2oc1=O)N1CCN(c2ccc3c(=O)[n+](=c4ccn(Cc5ccccc5)cc4)c(=O)c4cccc2c43)CC1.[Br-]. The highest BCUT2D eigenvalue weighted by atomic mass is 79.9. The largest absolute Gasteiger partial charge is 1.00 e. The molecule has 0 saturated carbocycles. The predicted octanol–water partition coefficient (Wildman–Crippen LogP) is 1.16. The van der Waals surface area contributed by atoms with Crippen molar-refractivity contribution in [1.29, 1.82) is 0 Å². The van der Waals surface area contributed by atoms with E-state index in [0.717, 1.165) is 16.6 Å². The van der Waals surface area contributed by atoms with Crippen molar-refractivity contribution in [2.45, 2.75) is 6.54 Å². The lowest BCUT2D eigenvalue weighted by atomic mass is 10.00. The Hall–Kier alpha value is -5.61. The Kier molecular flexibility index (Phi) is 8.10. The molecule has 4 aromatic carbocycles. The second-order valence-corrected chi connectivity index (χ2v) is 11.8. The lowest BCUT2D eigenvalue weighted by Crippen LogP contribution is -3.00. The molecule has 0 atom stereocenters. The predicted molar refractivity (Wildman–Crippen MR) is 180 cm³/mol. The Bertz CT molecular complexity index is 2560. The lowest BCUT2D eigenvalue weighted by molar-refractivity contribution is -0.539. The molecule has 238 valence electrons. The molecule has 1 saturated heterocycles. The van der Waals surface area contributed by atoms with E-state index in [9.17, 15) is 19.2 Å². The van der Waals surface area contributed by atoms with E-state index in [1.807, 2.05) is 59.4 Å². The van der Waals surface area contributed by atoms with Crippen molar-refractivity contribution in [3.05, 3.63) is 163 Å². The summed E-state index contributed by atoms with van der Waals surface area (Å²) in [5, 5.41) is 3.59. The Morgan fingerprint density at radius 1 is 0.708 bits per heavy atom. The van der Waals surface area contributed by atoms with Crippen LogP contribution in [0.25, 0.3) is 32.5 Å². The van der Waals surface area contributed by atoms with E-state index in [2.05, 4.69) is 17.0 Å². The summed E-state index contributed by atoms with van der Waals surface area (Å²) in [7, 11) is 0. The molecule has 0 N–H and O–H groups in total. The Labute approximate surface area is 284 Å². The van der Waals surface area contributed by atoms with Crippen LogP contribution in [0, 0.1) is 5.36 Å². The number of benzene rings is 4. The topological polar surface area (TPSA) is 98.7 Å². The molecule has 0 radical (unpaired) electrons. The van der Waals surface area contributed by atoms with Gasteiger partial charge in [-0.15, -0.1) is 0 Å². The van der Waals surface area contributed by atoms with Gasteiger partial charge in [0.05, 0.1) is 0 Å². The number of nitrogens with zero attached hydrogens (tertiary/aromatic N) is 4. The summed E-state index contributed by atoms with van der Waals surface area (Å²) in [6.45, 7) is 2.51. The zero-order chi connectivity index (χ0) is 32.1. The van der Waals surface area contributed by atoms with Gasteiger partial charge in [0, 0.05) is 79.1 Å². The summed E-state index contributed by atoms with van der Waals surface area (Å²) in [5.74, 6) is -0.358. The van der Waals surface area contributed by atoms with Gasteiger partial charge >= 0.3 is 16.7 Å². The zero-order valence-electron chi connectivity index (χ0n) is 25.7. The van der Waals surface area contributed by atoms with Crippen molar-refractivity contribution in [3.63, 3.8) is 0 Å². The highest BCUT2D eigenvalue weighted by Crippen LogP contribution is 2.32. The maximum Gasteiger partial charge on any atom is 0.429 e. The van der Waals surface area contributed by atoms with E-state index in [-0.39, 0.29) is 39.6 Å². The number of aromatic nitrogens is 2. The molecule has 1 aliphatic rings. The summed E-state index contributed by atoms with van der Waals surface area (Å²) in [5.41, 5.74) is 1.12. The highest BCUT2D eigenvalue weighted by molar-refractivity contribution is 6.13. The van der Waals surface area contributed by atoms with Gasteiger partial charge in [-0.3, -0.25) is 4.79 Å². The fourth-order valence-electron chi connectivity index (χ4n) is 6.62. The maximum absolute atomic E-state index is 13.8. The molecule has 9 nitrogen and oxygen atoms in total. The van der Waals surface area contributed by atoms with E-state index in [4.69, 9.17) is 4.42 Å². The fourth-order valence-corrected chi connectivity index (χ4v) is 6.62. The van der Waals surface area contributed by atoms with E-state index in [1.165, 1.54) is 4.24 Å². The summed E-state index contributed by atoms with van der Waals surface area (Å²) in [6.07, 6.45) is 3.75. The summed E-state index contributed by atoms with van der Waals surface area (Å²) >= 11 is 0. The van der Waals surface area contributed by atoms with Crippen molar-refractivity contribution < 1.29 is 30.4 Å². The Morgan fingerprint density at radius 2 is 1.38 bits per heavy atom. The number of hydrogen-bond acceptors (Lipinski definition) is 6. The molecule has 8 rings (SSSR count). The van der Waals surface area contributed by atoms with Crippen LogP contribution in [0.5, 0.6) is 0 Å². The van der Waals surface area contributed by atoms with Gasteiger partial charge in [-0.05, 0) is 35.9 Å². The first-order chi connectivity index (χ1) is 23.0. The molecule has 7 aromatic rings. The molecule has 0 bridgehead atoms. The molecule has 0 spiro atoms. The highest BCUT2D eigenvalue weighted by Gasteiger charge is 2.27. The molecule has 4 heterocycles. The van der Waals surface area contributed by atoms with Crippen molar-refractivity contribution in [3.8, 4) is 0 Å². The van der Waals surface area contributed by atoms with E-state index >= 15 is 0 Å². The molecule has 1 aliphatic heterocycles. The van der Waals surface area contributed by atoms with Gasteiger partial charge in [0.15, 0.2) is 0 Å². The van der Waals surface area contributed by atoms with Gasteiger partial charge in [0.1, 0.15) is 21.9 Å². The first-order valence-corrected chi connectivity index (χ1v) is 15.5. The number of para-hydroxylation sites is 1. The third kappa shape index (κ3) is 5.33. The number of hydrogen-bond donors (Lipinski definition) is 0. The lowest BCUT2D eigenvalue weighted by Gasteiger charge is -2.36. The van der Waals surface area contributed by atoms with Crippen molar-refractivity contribution in [2.75, 3.05) is 31.1 Å². The normalized spacial score (nSPS) is 13.2. The van der Waals surface area contributed by atoms with Crippen LogP contribution < -0.4 is 42.9 Å². The van der Waals surface area contributed by atoms with Gasteiger partial charge in [-0.1, -0.05) is 64.9 Å². The Balaban J connectivity index is 0.00000364. The fraction of sp³-hybridized carbons (Fsp3) is 0.132. The minimum absolute atomic E-state index is 0. The van der Waals surface area contributed by atoms with Crippen LogP contribution >= 0.6 is 0 Å². The number of halogens is 1. The number of pyridine rings is 2. The van der Waals surface area contributed by atoms with Crippen molar-refractivity contribution in [2.24, 2.45) is 0 Å². The van der Waals surface area contributed by atoms with Gasteiger partial charge < -0.3 is 35.8 Å². The van der Waals surface area contributed by atoms with Gasteiger partial charge in [0.2, 0.25) is 5.36 Å². The van der Waals surface area contributed by atoms with Gasteiger partial charge in [-0.2, -0.15) is 0 Å². The quantitative estimate of drug-likeness (QED) is 0.202. The van der Waals surface area contributed by atoms with E-state index in [1.54, 1.807) is 53.4 Å². The van der Waals surface area contributed by atoms with Crippen LogP contribution in [0.15, 0.2) is 134 Å². The van der Waals surface area contributed by atoms with Crippen LogP contribution in [0.4, 0.5) is 5.69 Å². The third-order valence-electron chi connectivity index (χ3n) is 9.00. The number of amides is 1. The summed E-state index contributed by atoms with van der Waals surface area (Å²) in [6, 6.07) is 31.6. The van der Waals surface area contributed by atoms with Crippen molar-refractivity contribution >= 4 is 44.1 Å². The van der Waals surface area contributed by atoms with Crippen LogP contribution in [-0.4, -0.2) is 41.6 Å². The van der Waals surface area contributed by atoms with Crippen LogP contribution in [-0.2, 0) is 6.54 Å². The molecule has 1 amide bonds. The molecule has 0 aliphatic carbocycles. The van der Waals surface area contributed by atoms with Gasteiger partial charge in [0.25, 0.3) is 5.91 Å². The first-order valence-electron chi connectivity index (χ1n) is 15.5. The minimum atomic E-state index is -0.648. The third-order valence-corrected chi connectivity index (χ3v) is 9.00. The molecule has 3 aromatic heterocycles. The average Bonchev–Trinajstić information content (AvgIpc) is 3.11. The molecule has 0 unspecified atom stereocenters. The molecule has 48 heavy (non-hydrogen) atoms. The van der Waals surface area contributed by atoms with Crippen LogP contribution in [0.1, 0.15) is 15.9 Å². The van der Waals surface area contributed by atoms with E-state index in [0.29, 0.717) is 65.2 Å². The van der Waals surface area contributed by atoms with E-state index < -0.39 is 5.63 Å². The second kappa shape index (κ2) is 12.5. The first kappa shape index (κ1) is 31.0. The molecule has 1 fully saturated rings. The van der Waals surface area contributed by atoms with Crippen LogP contribution in [0.3, 0.4) is 0 Å².